The highest BCUT2D eigenvalue weighted by molar-refractivity contribution is 5.97. The number of hydrogen-bond donors (Lipinski definition) is 2. The fourth-order valence-electron chi connectivity index (χ4n) is 1.93. The highest BCUT2D eigenvalue weighted by Gasteiger charge is 2.40. The first-order valence-electron chi connectivity index (χ1n) is 5.14. The number of likely N-dealkylation sites (tertiary alicyclic amines) is 1. The molecule has 2 N–H and O–H groups in total. The van der Waals surface area contributed by atoms with Crippen molar-refractivity contribution in [3.05, 3.63) is 17.5 Å². The van der Waals surface area contributed by atoms with Gasteiger partial charge in [0.1, 0.15) is 17.4 Å². The van der Waals surface area contributed by atoms with Gasteiger partial charge in [0.15, 0.2) is 0 Å². The third-order valence-corrected chi connectivity index (χ3v) is 2.81. The van der Waals surface area contributed by atoms with E-state index in [-0.39, 0.29) is 18.5 Å². The average molecular weight is 240 g/mol. The Morgan fingerprint density at radius 3 is 2.82 bits per heavy atom. The van der Waals surface area contributed by atoms with E-state index in [0.717, 1.165) is 4.90 Å². The zero-order valence-electron chi connectivity index (χ0n) is 9.16. The first-order valence-corrected chi connectivity index (χ1v) is 5.14. The second kappa shape index (κ2) is 4.17. The average Bonchev–Trinajstić information content (AvgIpc) is 2.83. The highest BCUT2D eigenvalue weighted by atomic mass is 16.5. The summed E-state index contributed by atoms with van der Waals surface area (Å²) in [5.41, 5.74) is 0.227. The van der Waals surface area contributed by atoms with Crippen molar-refractivity contribution in [2.45, 2.75) is 25.5 Å². The molecule has 1 aromatic heterocycles. The Morgan fingerprint density at radius 1 is 1.59 bits per heavy atom. The molecule has 0 bridgehead atoms. The Kier molecular flexibility index (Phi) is 2.84. The van der Waals surface area contributed by atoms with Crippen LogP contribution < -0.4 is 0 Å². The molecule has 0 aliphatic carbocycles. The number of aliphatic carboxylic acids is 1. The van der Waals surface area contributed by atoms with E-state index in [1.54, 1.807) is 6.92 Å². The fraction of sp³-hybridized carbons (Fsp3) is 0.500. The minimum Gasteiger partial charge on any atom is -0.480 e. The molecule has 0 spiro atoms. The van der Waals surface area contributed by atoms with Crippen LogP contribution in [0.4, 0.5) is 0 Å². The zero-order valence-corrected chi connectivity index (χ0v) is 9.16. The number of aliphatic hydroxyl groups excluding tert-OH is 1. The lowest BCUT2D eigenvalue weighted by Crippen LogP contribution is -2.40. The lowest BCUT2D eigenvalue weighted by molar-refractivity contribution is -0.141. The van der Waals surface area contributed by atoms with E-state index in [4.69, 9.17) is 9.63 Å². The van der Waals surface area contributed by atoms with Crippen molar-refractivity contribution >= 4 is 11.9 Å². The number of rotatable bonds is 2. The molecular weight excluding hydrogens is 228 g/mol. The Morgan fingerprint density at radius 2 is 2.29 bits per heavy atom. The Balaban J connectivity index is 2.25. The predicted octanol–water partition coefficient (Wildman–Crippen LogP) is -0.357. The number of carbonyl (C=O) groups excluding carboxylic acids is 1. The van der Waals surface area contributed by atoms with Crippen LogP contribution in [0.25, 0.3) is 0 Å². The van der Waals surface area contributed by atoms with Crippen molar-refractivity contribution in [3.63, 3.8) is 0 Å². The maximum absolute atomic E-state index is 12.0. The molecule has 0 saturated carbocycles. The van der Waals surface area contributed by atoms with E-state index >= 15 is 0 Å². The van der Waals surface area contributed by atoms with Crippen LogP contribution in [0, 0.1) is 6.92 Å². The van der Waals surface area contributed by atoms with Gasteiger partial charge in [-0.15, -0.1) is 0 Å². The maximum atomic E-state index is 12.0. The Labute approximate surface area is 96.6 Å². The van der Waals surface area contributed by atoms with Crippen LogP contribution >= 0.6 is 0 Å². The second-order valence-electron chi connectivity index (χ2n) is 4.00. The number of carboxylic acids is 1. The molecule has 1 unspecified atom stereocenters. The molecule has 1 aliphatic heterocycles. The van der Waals surface area contributed by atoms with Crippen LogP contribution in [0.15, 0.2) is 10.7 Å². The summed E-state index contributed by atoms with van der Waals surface area (Å²) in [6.45, 7) is 1.59. The molecule has 2 atom stereocenters. The number of amides is 1. The summed E-state index contributed by atoms with van der Waals surface area (Å²) in [6.07, 6.45) is 0.493. The molecule has 1 saturated heterocycles. The quantitative estimate of drug-likeness (QED) is 0.731. The van der Waals surface area contributed by atoms with E-state index in [9.17, 15) is 14.7 Å². The van der Waals surface area contributed by atoms with Gasteiger partial charge >= 0.3 is 5.97 Å². The summed E-state index contributed by atoms with van der Waals surface area (Å²) in [7, 11) is 0. The van der Waals surface area contributed by atoms with E-state index < -0.39 is 24.0 Å². The molecule has 7 heteroatoms. The van der Waals surface area contributed by atoms with Crippen LogP contribution in [0.3, 0.4) is 0 Å². The number of hydrogen-bond acceptors (Lipinski definition) is 5. The summed E-state index contributed by atoms with van der Waals surface area (Å²) >= 11 is 0. The van der Waals surface area contributed by atoms with Crippen molar-refractivity contribution in [1.29, 1.82) is 0 Å². The SMILES string of the molecule is Cc1oncc1C(=O)N1CC(O)C[C@H]1C(=O)O. The van der Waals surface area contributed by atoms with Crippen molar-refractivity contribution in [3.8, 4) is 0 Å². The van der Waals surface area contributed by atoms with Crippen molar-refractivity contribution in [2.24, 2.45) is 0 Å². The summed E-state index contributed by atoms with van der Waals surface area (Å²) in [6, 6.07) is -0.994. The summed E-state index contributed by atoms with van der Waals surface area (Å²) in [4.78, 5) is 24.1. The number of aliphatic hydroxyl groups is 1. The normalized spacial score (nSPS) is 24.0. The molecule has 17 heavy (non-hydrogen) atoms. The number of nitrogens with zero attached hydrogens (tertiary/aromatic N) is 2. The maximum Gasteiger partial charge on any atom is 0.326 e. The first-order chi connectivity index (χ1) is 8.00. The predicted molar refractivity (Wildman–Crippen MR) is 54.3 cm³/mol. The van der Waals surface area contributed by atoms with E-state index in [1.165, 1.54) is 6.20 Å². The summed E-state index contributed by atoms with van der Waals surface area (Å²) < 4.78 is 4.76. The number of carbonyl (C=O) groups is 2. The highest BCUT2D eigenvalue weighted by Crippen LogP contribution is 2.22. The van der Waals surface area contributed by atoms with Gasteiger partial charge in [-0.2, -0.15) is 0 Å². The molecular formula is C10H12N2O5. The van der Waals surface area contributed by atoms with Gasteiger partial charge in [-0.05, 0) is 6.92 Å². The van der Waals surface area contributed by atoms with Gasteiger partial charge in [-0.1, -0.05) is 5.16 Å². The fourth-order valence-corrected chi connectivity index (χ4v) is 1.93. The van der Waals surface area contributed by atoms with Crippen molar-refractivity contribution in [2.75, 3.05) is 6.54 Å². The molecule has 1 fully saturated rings. The number of aromatic nitrogens is 1. The molecule has 92 valence electrons. The lowest BCUT2D eigenvalue weighted by Gasteiger charge is -2.20. The van der Waals surface area contributed by atoms with Crippen LogP contribution in [0.1, 0.15) is 22.5 Å². The smallest absolute Gasteiger partial charge is 0.326 e. The second-order valence-corrected chi connectivity index (χ2v) is 4.00. The van der Waals surface area contributed by atoms with Gasteiger partial charge in [-0.25, -0.2) is 4.79 Å². The third-order valence-electron chi connectivity index (χ3n) is 2.81. The lowest BCUT2D eigenvalue weighted by atomic mass is 10.2. The van der Waals surface area contributed by atoms with E-state index in [1.807, 2.05) is 0 Å². The monoisotopic (exact) mass is 240 g/mol. The minimum atomic E-state index is -1.12. The van der Waals surface area contributed by atoms with Crippen molar-refractivity contribution < 1.29 is 24.3 Å². The minimum absolute atomic E-state index is 0.0143. The molecule has 0 radical (unpaired) electrons. The van der Waals surface area contributed by atoms with Gasteiger partial charge < -0.3 is 19.6 Å². The molecule has 1 amide bonds. The van der Waals surface area contributed by atoms with Crippen LogP contribution in [-0.4, -0.2) is 50.8 Å². The third kappa shape index (κ3) is 2.01. The molecule has 2 heterocycles. The molecule has 1 aromatic rings. The number of carboxylic acid groups (broad SMARTS) is 1. The number of aryl methyl sites for hydroxylation is 1. The molecule has 0 aromatic carbocycles. The molecule has 2 rings (SSSR count). The largest absolute Gasteiger partial charge is 0.480 e. The van der Waals surface area contributed by atoms with E-state index in [2.05, 4.69) is 5.16 Å². The van der Waals surface area contributed by atoms with Gasteiger partial charge in [-0.3, -0.25) is 4.79 Å². The van der Waals surface area contributed by atoms with Crippen molar-refractivity contribution in [1.82, 2.24) is 10.1 Å². The molecule has 1 aliphatic rings. The first kappa shape index (κ1) is 11.6. The summed E-state index contributed by atoms with van der Waals surface area (Å²) in [5.74, 6) is -1.27. The van der Waals surface area contributed by atoms with Gasteiger partial charge in [0.05, 0.1) is 12.3 Å². The van der Waals surface area contributed by atoms with Gasteiger partial charge in [0, 0.05) is 13.0 Å². The molecule has 7 nitrogen and oxygen atoms in total. The zero-order chi connectivity index (χ0) is 12.6. The summed E-state index contributed by atoms with van der Waals surface area (Å²) in [5, 5.41) is 21.9. The topological polar surface area (TPSA) is 104 Å². The van der Waals surface area contributed by atoms with E-state index in [0.29, 0.717) is 5.76 Å². The van der Waals surface area contributed by atoms with Gasteiger partial charge in [0.25, 0.3) is 5.91 Å². The van der Waals surface area contributed by atoms with Crippen LogP contribution in [0.2, 0.25) is 0 Å². The number of β-amino-alcohol motifs (C(OH)–C–C–N with tert-alkyl or cyclic N) is 1. The standard InChI is InChI=1S/C10H12N2O5/c1-5-7(3-11-17-5)9(14)12-4-6(13)2-8(12)10(15)16/h3,6,8,13H,2,4H2,1H3,(H,15,16)/t6?,8-/m0/s1. The Hall–Kier alpha value is -1.89. The van der Waals surface area contributed by atoms with Crippen LogP contribution in [0.5, 0.6) is 0 Å². The Bertz CT molecular complexity index is 455. The van der Waals surface area contributed by atoms with Crippen LogP contribution in [-0.2, 0) is 4.79 Å². The van der Waals surface area contributed by atoms with Gasteiger partial charge in [0.2, 0.25) is 0 Å².